The van der Waals surface area contributed by atoms with Gasteiger partial charge in [-0.1, -0.05) is 17.4 Å². The van der Waals surface area contributed by atoms with Gasteiger partial charge in [0.05, 0.1) is 22.1 Å². The SMILES string of the molecule is O=C(C1=C(O)C(=O)N(c2nc3ccc(F)cc3s2)C1c1cccs1)c1ccco1. The number of fused-ring (bicyclic) bond motifs is 1. The van der Waals surface area contributed by atoms with E-state index in [4.69, 9.17) is 4.42 Å². The summed E-state index contributed by atoms with van der Waals surface area (Å²) in [5, 5.41) is 12.7. The Hall–Kier alpha value is -3.30. The van der Waals surface area contributed by atoms with Gasteiger partial charge in [-0.25, -0.2) is 9.37 Å². The van der Waals surface area contributed by atoms with Crippen molar-refractivity contribution in [3.05, 3.63) is 81.9 Å². The molecule has 1 N–H and O–H groups in total. The van der Waals surface area contributed by atoms with Gasteiger partial charge in [0.15, 0.2) is 16.7 Å². The largest absolute Gasteiger partial charge is 0.503 e. The standard InChI is InChI=1S/C20H11FN2O4S2/c21-10-5-6-11-14(9-10)29-20(22-11)23-16(13-4-2-8-28-13)15(18(25)19(23)26)17(24)12-3-1-7-27-12/h1-9,16,25H. The number of nitrogens with zero attached hydrogens (tertiary/aromatic N) is 2. The Kier molecular flexibility index (Phi) is 4.07. The number of aliphatic hydroxyl groups excluding tert-OH is 1. The van der Waals surface area contributed by atoms with Crippen LogP contribution in [-0.2, 0) is 4.79 Å². The lowest BCUT2D eigenvalue weighted by molar-refractivity contribution is -0.117. The maximum absolute atomic E-state index is 13.6. The summed E-state index contributed by atoms with van der Waals surface area (Å²) in [4.78, 5) is 32.4. The third-order valence-corrected chi connectivity index (χ3v) is 6.50. The van der Waals surface area contributed by atoms with Crippen LogP contribution in [0.1, 0.15) is 21.5 Å². The number of carbonyl (C=O) groups is 2. The maximum atomic E-state index is 13.6. The Bertz CT molecular complexity index is 1280. The molecule has 29 heavy (non-hydrogen) atoms. The smallest absolute Gasteiger partial charge is 0.296 e. The van der Waals surface area contributed by atoms with E-state index in [-0.39, 0.29) is 16.5 Å². The van der Waals surface area contributed by atoms with Crippen molar-refractivity contribution < 1.29 is 23.5 Å². The number of amides is 1. The molecule has 0 aliphatic carbocycles. The van der Waals surface area contributed by atoms with Crippen molar-refractivity contribution in [1.29, 1.82) is 0 Å². The van der Waals surface area contributed by atoms with Crippen LogP contribution in [0.5, 0.6) is 0 Å². The summed E-state index contributed by atoms with van der Waals surface area (Å²) in [7, 11) is 0. The number of furan rings is 1. The monoisotopic (exact) mass is 426 g/mol. The Morgan fingerprint density at radius 3 is 2.83 bits per heavy atom. The number of thiazole rings is 1. The molecular formula is C20H11FN2O4S2. The number of ketones is 1. The number of anilines is 1. The molecule has 4 aromatic rings. The first kappa shape index (κ1) is 17.8. The van der Waals surface area contributed by atoms with E-state index in [1.165, 1.54) is 46.8 Å². The molecular weight excluding hydrogens is 415 g/mol. The molecule has 1 amide bonds. The topological polar surface area (TPSA) is 83.6 Å². The molecule has 5 rings (SSSR count). The summed E-state index contributed by atoms with van der Waals surface area (Å²) in [6.45, 7) is 0. The van der Waals surface area contributed by atoms with Crippen LogP contribution in [0.25, 0.3) is 10.2 Å². The van der Waals surface area contributed by atoms with Crippen LogP contribution >= 0.6 is 22.7 Å². The van der Waals surface area contributed by atoms with Gasteiger partial charge in [0.2, 0.25) is 5.78 Å². The van der Waals surface area contributed by atoms with Gasteiger partial charge in [-0.3, -0.25) is 14.5 Å². The Morgan fingerprint density at radius 1 is 1.24 bits per heavy atom. The molecule has 144 valence electrons. The predicted molar refractivity (Wildman–Crippen MR) is 107 cm³/mol. The van der Waals surface area contributed by atoms with Gasteiger partial charge >= 0.3 is 0 Å². The minimum absolute atomic E-state index is 0.0223. The van der Waals surface area contributed by atoms with Crippen LogP contribution in [0.2, 0.25) is 0 Å². The van der Waals surface area contributed by atoms with Crippen molar-refractivity contribution in [2.24, 2.45) is 0 Å². The number of aromatic nitrogens is 1. The van der Waals surface area contributed by atoms with Crippen LogP contribution in [0.4, 0.5) is 9.52 Å². The van der Waals surface area contributed by atoms with Gasteiger partial charge in [-0.15, -0.1) is 11.3 Å². The molecule has 0 fully saturated rings. The zero-order valence-electron chi connectivity index (χ0n) is 14.5. The minimum atomic E-state index is -0.856. The molecule has 1 atom stereocenters. The molecule has 9 heteroatoms. The highest BCUT2D eigenvalue weighted by Gasteiger charge is 2.46. The van der Waals surface area contributed by atoms with Gasteiger partial charge in [0, 0.05) is 4.88 Å². The molecule has 1 unspecified atom stereocenters. The number of benzene rings is 1. The Morgan fingerprint density at radius 2 is 2.10 bits per heavy atom. The van der Waals surface area contributed by atoms with E-state index in [0.717, 1.165) is 11.3 Å². The normalized spacial score (nSPS) is 16.9. The lowest BCUT2D eigenvalue weighted by Gasteiger charge is -2.22. The second-order valence-corrected chi connectivity index (χ2v) is 8.26. The summed E-state index contributed by atoms with van der Waals surface area (Å²) < 4.78 is 19.3. The lowest BCUT2D eigenvalue weighted by Crippen LogP contribution is -2.30. The van der Waals surface area contributed by atoms with Gasteiger partial charge in [-0.05, 0) is 41.8 Å². The number of carbonyl (C=O) groups excluding carboxylic acids is 2. The molecule has 3 aromatic heterocycles. The minimum Gasteiger partial charge on any atom is -0.503 e. The molecule has 0 bridgehead atoms. The second kappa shape index (κ2) is 6.64. The first-order valence-corrected chi connectivity index (χ1v) is 10.2. The number of aliphatic hydroxyl groups is 1. The maximum Gasteiger partial charge on any atom is 0.296 e. The van der Waals surface area contributed by atoms with E-state index in [1.54, 1.807) is 18.2 Å². The van der Waals surface area contributed by atoms with Gasteiger partial charge < -0.3 is 9.52 Å². The molecule has 0 radical (unpaired) electrons. The van der Waals surface area contributed by atoms with Crippen LogP contribution in [0.3, 0.4) is 0 Å². The number of thiophene rings is 1. The van der Waals surface area contributed by atoms with E-state index in [1.807, 2.05) is 5.38 Å². The van der Waals surface area contributed by atoms with Crippen LogP contribution < -0.4 is 4.90 Å². The van der Waals surface area contributed by atoms with Crippen molar-refractivity contribution in [2.45, 2.75) is 6.04 Å². The van der Waals surface area contributed by atoms with Crippen LogP contribution in [-0.4, -0.2) is 21.8 Å². The molecule has 1 aliphatic heterocycles. The van der Waals surface area contributed by atoms with Gasteiger partial charge in [0.25, 0.3) is 5.91 Å². The summed E-state index contributed by atoms with van der Waals surface area (Å²) in [5.74, 6) is -2.35. The predicted octanol–water partition coefficient (Wildman–Crippen LogP) is 4.87. The number of Topliss-reactive ketones (excluding diaryl/α,β-unsaturated/α-hetero) is 1. The van der Waals surface area contributed by atoms with Crippen molar-refractivity contribution in [1.82, 2.24) is 4.98 Å². The van der Waals surface area contributed by atoms with Crippen LogP contribution in [0.15, 0.2) is 69.9 Å². The number of rotatable bonds is 4. The van der Waals surface area contributed by atoms with Gasteiger partial charge in [-0.2, -0.15) is 0 Å². The molecule has 0 spiro atoms. The van der Waals surface area contributed by atoms with E-state index < -0.39 is 29.3 Å². The van der Waals surface area contributed by atoms with Crippen LogP contribution in [0, 0.1) is 5.82 Å². The van der Waals surface area contributed by atoms with Crippen molar-refractivity contribution in [2.75, 3.05) is 4.90 Å². The number of halogens is 1. The zero-order valence-corrected chi connectivity index (χ0v) is 16.2. The molecule has 4 heterocycles. The molecule has 1 aromatic carbocycles. The van der Waals surface area contributed by atoms with E-state index in [2.05, 4.69) is 4.98 Å². The van der Waals surface area contributed by atoms with Crippen molar-refractivity contribution in [3.8, 4) is 0 Å². The van der Waals surface area contributed by atoms with E-state index >= 15 is 0 Å². The fourth-order valence-corrected chi connectivity index (χ4v) is 5.12. The first-order chi connectivity index (χ1) is 14.0. The fraction of sp³-hybridized carbons (Fsp3) is 0.0500. The average molecular weight is 426 g/mol. The second-order valence-electron chi connectivity index (χ2n) is 6.27. The summed E-state index contributed by atoms with van der Waals surface area (Å²) in [5.41, 5.74) is 0.451. The third-order valence-electron chi connectivity index (χ3n) is 4.56. The lowest BCUT2D eigenvalue weighted by atomic mass is 10.0. The highest BCUT2D eigenvalue weighted by molar-refractivity contribution is 7.22. The summed E-state index contributed by atoms with van der Waals surface area (Å²) in [6.07, 6.45) is 1.35. The first-order valence-electron chi connectivity index (χ1n) is 8.49. The Labute approximate surface area is 171 Å². The van der Waals surface area contributed by atoms with Gasteiger partial charge in [0.1, 0.15) is 11.9 Å². The number of hydrogen-bond acceptors (Lipinski definition) is 7. The molecule has 6 nitrogen and oxygen atoms in total. The highest BCUT2D eigenvalue weighted by Crippen LogP contribution is 2.45. The van der Waals surface area contributed by atoms with E-state index in [9.17, 15) is 19.1 Å². The number of hydrogen-bond donors (Lipinski definition) is 1. The van der Waals surface area contributed by atoms with Crippen molar-refractivity contribution >= 4 is 49.7 Å². The Balaban J connectivity index is 1.67. The summed E-state index contributed by atoms with van der Waals surface area (Å²) >= 11 is 2.46. The fourth-order valence-electron chi connectivity index (χ4n) is 3.28. The summed E-state index contributed by atoms with van der Waals surface area (Å²) in [6, 6.07) is 9.88. The zero-order chi connectivity index (χ0) is 20.1. The quantitative estimate of drug-likeness (QED) is 0.471. The van der Waals surface area contributed by atoms with E-state index in [0.29, 0.717) is 15.1 Å². The molecule has 0 saturated heterocycles. The molecule has 0 saturated carbocycles. The third kappa shape index (κ3) is 2.78. The van der Waals surface area contributed by atoms with Crippen molar-refractivity contribution in [3.63, 3.8) is 0 Å². The average Bonchev–Trinajstić information content (AvgIpc) is 3.49. The molecule has 1 aliphatic rings. The highest BCUT2D eigenvalue weighted by atomic mass is 32.1.